The predicted octanol–water partition coefficient (Wildman–Crippen LogP) is 3.76. The lowest BCUT2D eigenvalue weighted by Gasteiger charge is -2.30. The van der Waals surface area contributed by atoms with Gasteiger partial charge in [-0.05, 0) is 49.0 Å². The Hall–Kier alpha value is -2.73. The van der Waals surface area contributed by atoms with Crippen LogP contribution in [0.1, 0.15) is 41.3 Å². The van der Waals surface area contributed by atoms with Crippen LogP contribution >= 0.6 is 0 Å². The second kappa shape index (κ2) is 8.77. The van der Waals surface area contributed by atoms with Crippen LogP contribution < -0.4 is 5.32 Å². The number of carbonyl (C=O) groups excluding carboxylic acids is 1. The summed E-state index contributed by atoms with van der Waals surface area (Å²) in [5.74, 6) is 0.377. The summed E-state index contributed by atoms with van der Waals surface area (Å²) in [6.45, 7) is 5.81. The number of rotatable bonds is 6. The Morgan fingerprint density at radius 2 is 1.85 bits per heavy atom. The Balaban J connectivity index is 1.60. The molecule has 27 heavy (non-hydrogen) atoms. The van der Waals surface area contributed by atoms with Gasteiger partial charge in [0, 0.05) is 19.2 Å². The number of hydrogen-bond acceptors (Lipinski definition) is 4. The van der Waals surface area contributed by atoms with E-state index in [1.807, 2.05) is 12.1 Å². The number of nitro benzene ring substituents is 1. The van der Waals surface area contributed by atoms with Crippen molar-refractivity contribution in [2.24, 2.45) is 5.92 Å². The zero-order valence-corrected chi connectivity index (χ0v) is 15.6. The predicted molar refractivity (Wildman–Crippen MR) is 104 cm³/mol. The number of nitro groups is 1. The molecule has 0 aliphatic carbocycles. The lowest BCUT2D eigenvalue weighted by molar-refractivity contribution is -0.385. The Kier molecular flexibility index (Phi) is 6.19. The Morgan fingerprint density at radius 3 is 2.59 bits per heavy atom. The number of para-hydroxylation sites is 1. The molecule has 0 spiro atoms. The van der Waals surface area contributed by atoms with Gasteiger partial charge in [-0.1, -0.05) is 43.3 Å². The fraction of sp³-hybridized carbons (Fsp3) is 0.381. The van der Waals surface area contributed by atoms with Crippen LogP contribution in [0.5, 0.6) is 0 Å². The minimum atomic E-state index is -0.533. The summed E-state index contributed by atoms with van der Waals surface area (Å²) in [4.78, 5) is 25.4. The Bertz CT molecular complexity index is 814. The van der Waals surface area contributed by atoms with Crippen LogP contribution in [-0.4, -0.2) is 28.8 Å². The fourth-order valence-electron chi connectivity index (χ4n) is 3.42. The van der Waals surface area contributed by atoms with Gasteiger partial charge in [0.1, 0.15) is 5.56 Å². The van der Waals surface area contributed by atoms with Crippen LogP contribution in [0.3, 0.4) is 0 Å². The van der Waals surface area contributed by atoms with Gasteiger partial charge in [0.15, 0.2) is 0 Å². The summed E-state index contributed by atoms with van der Waals surface area (Å²) in [6, 6.07) is 14.1. The molecule has 1 aliphatic rings. The molecule has 1 saturated heterocycles. The van der Waals surface area contributed by atoms with E-state index in [9.17, 15) is 14.9 Å². The summed E-state index contributed by atoms with van der Waals surface area (Å²) >= 11 is 0. The molecule has 2 aromatic rings. The summed E-state index contributed by atoms with van der Waals surface area (Å²) in [5.41, 5.74) is 2.12. The van der Waals surface area contributed by atoms with Gasteiger partial charge in [0.05, 0.1) is 4.92 Å². The maximum atomic E-state index is 12.4. The molecule has 6 nitrogen and oxygen atoms in total. The zero-order valence-electron chi connectivity index (χ0n) is 15.6. The molecule has 1 amide bonds. The molecule has 1 fully saturated rings. The van der Waals surface area contributed by atoms with E-state index in [0.29, 0.717) is 6.54 Å². The lowest BCUT2D eigenvalue weighted by Crippen LogP contribution is -2.32. The first-order valence-electron chi connectivity index (χ1n) is 9.34. The number of amides is 1. The number of likely N-dealkylation sites (tertiary alicyclic amines) is 1. The van der Waals surface area contributed by atoms with Crippen molar-refractivity contribution in [3.8, 4) is 0 Å². The summed E-state index contributed by atoms with van der Waals surface area (Å²) < 4.78 is 0. The van der Waals surface area contributed by atoms with Gasteiger partial charge in [-0.15, -0.1) is 0 Å². The van der Waals surface area contributed by atoms with Crippen LogP contribution in [0.2, 0.25) is 0 Å². The average Bonchev–Trinajstić information content (AvgIpc) is 2.68. The SMILES string of the molecule is CC1CCN(Cc2cccc(CNC(=O)c3ccccc3[N+](=O)[O-])c2)CC1. The van der Waals surface area contributed by atoms with E-state index in [4.69, 9.17) is 0 Å². The number of carbonyl (C=O) groups is 1. The standard InChI is InChI=1S/C21H25N3O3/c1-16-9-11-23(12-10-16)15-18-6-4-5-17(13-18)14-22-21(25)19-7-2-3-8-20(19)24(26)27/h2-8,13,16H,9-12,14-15H2,1H3,(H,22,25). The topological polar surface area (TPSA) is 75.5 Å². The summed E-state index contributed by atoms with van der Waals surface area (Å²) in [6.07, 6.45) is 2.48. The molecule has 1 aliphatic heterocycles. The molecule has 2 aromatic carbocycles. The molecular weight excluding hydrogens is 342 g/mol. The average molecular weight is 367 g/mol. The first kappa shape index (κ1) is 19.0. The molecular formula is C21H25N3O3. The minimum Gasteiger partial charge on any atom is -0.348 e. The molecule has 6 heteroatoms. The van der Waals surface area contributed by atoms with Gasteiger partial charge in [0.25, 0.3) is 11.6 Å². The molecule has 1 heterocycles. The van der Waals surface area contributed by atoms with Crippen LogP contribution in [-0.2, 0) is 13.1 Å². The van der Waals surface area contributed by atoms with E-state index in [1.54, 1.807) is 12.1 Å². The van der Waals surface area contributed by atoms with Gasteiger partial charge in [0.2, 0.25) is 0 Å². The van der Waals surface area contributed by atoms with E-state index in [2.05, 4.69) is 29.3 Å². The van der Waals surface area contributed by atoms with Gasteiger partial charge in [-0.3, -0.25) is 19.8 Å². The highest BCUT2D eigenvalue weighted by Crippen LogP contribution is 2.19. The second-order valence-electron chi connectivity index (χ2n) is 7.24. The van der Waals surface area contributed by atoms with Crippen LogP contribution in [0, 0.1) is 16.0 Å². The molecule has 1 N–H and O–H groups in total. The van der Waals surface area contributed by atoms with Crippen molar-refractivity contribution >= 4 is 11.6 Å². The molecule has 0 radical (unpaired) electrons. The molecule has 0 saturated carbocycles. The number of benzene rings is 2. The molecule has 0 unspecified atom stereocenters. The van der Waals surface area contributed by atoms with Crippen molar-refractivity contribution < 1.29 is 9.72 Å². The van der Waals surface area contributed by atoms with Crippen LogP contribution in [0.15, 0.2) is 48.5 Å². The quantitative estimate of drug-likeness (QED) is 0.623. The number of nitrogens with zero attached hydrogens (tertiary/aromatic N) is 2. The highest BCUT2D eigenvalue weighted by molar-refractivity contribution is 5.98. The van der Waals surface area contributed by atoms with Gasteiger partial charge < -0.3 is 5.32 Å². The highest BCUT2D eigenvalue weighted by atomic mass is 16.6. The van der Waals surface area contributed by atoms with Gasteiger partial charge >= 0.3 is 0 Å². The van der Waals surface area contributed by atoms with E-state index >= 15 is 0 Å². The van der Waals surface area contributed by atoms with E-state index in [0.717, 1.165) is 31.1 Å². The first-order chi connectivity index (χ1) is 13.0. The maximum Gasteiger partial charge on any atom is 0.282 e. The minimum absolute atomic E-state index is 0.0843. The van der Waals surface area contributed by atoms with Crippen molar-refractivity contribution in [1.29, 1.82) is 0 Å². The smallest absolute Gasteiger partial charge is 0.282 e. The third kappa shape index (κ3) is 5.14. The monoisotopic (exact) mass is 367 g/mol. The van der Waals surface area contributed by atoms with Gasteiger partial charge in [-0.25, -0.2) is 0 Å². The third-order valence-corrected chi connectivity index (χ3v) is 5.07. The lowest BCUT2D eigenvalue weighted by atomic mass is 9.98. The largest absolute Gasteiger partial charge is 0.348 e. The number of hydrogen-bond donors (Lipinski definition) is 1. The third-order valence-electron chi connectivity index (χ3n) is 5.07. The van der Waals surface area contributed by atoms with Gasteiger partial charge in [-0.2, -0.15) is 0 Å². The van der Waals surface area contributed by atoms with E-state index in [-0.39, 0.29) is 11.3 Å². The van der Waals surface area contributed by atoms with Crippen molar-refractivity contribution in [2.45, 2.75) is 32.9 Å². The van der Waals surface area contributed by atoms with Crippen LogP contribution in [0.4, 0.5) is 5.69 Å². The fourth-order valence-corrected chi connectivity index (χ4v) is 3.42. The van der Waals surface area contributed by atoms with Crippen molar-refractivity contribution in [3.05, 3.63) is 75.3 Å². The van der Waals surface area contributed by atoms with Crippen LogP contribution in [0.25, 0.3) is 0 Å². The normalized spacial score (nSPS) is 15.4. The summed E-state index contributed by atoms with van der Waals surface area (Å²) in [7, 11) is 0. The molecule has 3 rings (SSSR count). The summed E-state index contributed by atoms with van der Waals surface area (Å²) in [5, 5.41) is 13.9. The first-order valence-corrected chi connectivity index (χ1v) is 9.34. The Morgan fingerprint density at radius 1 is 1.15 bits per heavy atom. The van der Waals surface area contributed by atoms with E-state index < -0.39 is 10.8 Å². The molecule has 0 atom stereocenters. The zero-order chi connectivity index (χ0) is 19.2. The number of nitrogens with one attached hydrogen (secondary N) is 1. The second-order valence-corrected chi connectivity index (χ2v) is 7.24. The van der Waals surface area contributed by atoms with Crippen molar-refractivity contribution in [3.63, 3.8) is 0 Å². The molecule has 0 bridgehead atoms. The highest BCUT2D eigenvalue weighted by Gasteiger charge is 2.19. The molecule has 0 aromatic heterocycles. The molecule has 142 valence electrons. The van der Waals surface area contributed by atoms with Crippen molar-refractivity contribution in [1.82, 2.24) is 10.2 Å². The van der Waals surface area contributed by atoms with E-state index in [1.165, 1.54) is 30.5 Å². The van der Waals surface area contributed by atoms with Crippen molar-refractivity contribution in [2.75, 3.05) is 13.1 Å². The maximum absolute atomic E-state index is 12.4. The number of piperidine rings is 1. The Labute approximate surface area is 159 Å².